The van der Waals surface area contributed by atoms with Crippen LogP contribution in [0, 0.1) is 6.92 Å². The third kappa shape index (κ3) is 2.20. The molecule has 0 aliphatic rings. The summed E-state index contributed by atoms with van der Waals surface area (Å²) in [4.78, 5) is 11.5. The highest BCUT2D eigenvalue weighted by atomic mass is 16.5. The third-order valence-electron chi connectivity index (χ3n) is 3.10. The van der Waals surface area contributed by atoms with Crippen molar-refractivity contribution in [2.24, 2.45) is 7.05 Å². The summed E-state index contributed by atoms with van der Waals surface area (Å²) in [5.41, 5.74) is 1.93. The molecule has 0 saturated carbocycles. The van der Waals surface area contributed by atoms with Crippen molar-refractivity contribution in [2.75, 3.05) is 14.2 Å². The molecule has 1 N–H and O–H groups in total. The van der Waals surface area contributed by atoms with Crippen molar-refractivity contribution < 1.29 is 19.4 Å². The maximum atomic E-state index is 11.5. The number of aryl methyl sites for hydroxylation is 2. The number of rotatable bonds is 4. The molecule has 0 amide bonds. The quantitative estimate of drug-likeness (QED) is 0.925. The number of carboxylic acid groups (broad SMARTS) is 1. The molecule has 0 spiro atoms. The number of hydrogen-bond donors (Lipinski definition) is 1. The first kappa shape index (κ1) is 13.9. The Morgan fingerprint density at radius 1 is 1.30 bits per heavy atom. The number of aromatic carboxylic acids is 1. The van der Waals surface area contributed by atoms with Gasteiger partial charge in [-0.15, -0.1) is 0 Å². The van der Waals surface area contributed by atoms with Gasteiger partial charge in [-0.05, 0) is 25.1 Å². The summed E-state index contributed by atoms with van der Waals surface area (Å²) in [7, 11) is 4.70. The molecule has 0 unspecified atom stereocenters. The average molecular weight is 276 g/mol. The van der Waals surface area contributed by atoms with Crippen LogP contribution in [0.1, 0.15) is 16.2 Å². The highest BCUT2D eigenvalue weighted by Crippen LogP contribution is 2.37. The minimum absolute atomic E-state index is 0.119. The van der Waals surface area contributed by atoms with Crippen LogP contribution in [0.25, 0.3) is 11.1 Å². The second-order valence-electron chi connectivity index (χ2n) is 4.30. The molecule has 1 heterocycles. The molecule has 0 radical (unpaired) electrons. The highest BCUT2D eigenvalue weighted by molar-refractivity contribution is 5.96. The van der Waals surface area contributed by atoms with Gasteiger partial charge in [-0.3, -0.25) is 4.68 Å². The first-order chi connectivity index (χ1) is 9.49. The zero-order valence-electron chi connectivity index (χ0n) is 11.8. The molecule has 20 heavy (non-hydrogen) atoms. The summed E-state index contributed by atoms with van der Waals surface area (Å²) in [5.74, 6) is 0.165. The van der Waals surface area contributed by atoms with Crippen molar-refractivity contribution in [3.8, 4) is 22.6 Å². The van der Waals surface area contributed by atoms with Crippen LogP contribution in [-0.2, 0) is 7.05 Å². The van der Waals surface area contributed by atoms with Gasteiger partial charge in [0, 0.05) is 18.2 Å². The van der Waals surface area contributed by atoms with E-state index in [-0.39, 0.29) is 5.69 Å². The largest absolute Gasteiger partial charge is 0.497 e. The number of ether oxygens (including phenoxy) is 2. The first-order valence-corrected chi connectivity index (χ1v) is 5.98. The van der Waals surface area contributed by atoms with E-state index in [1.807, 2.05) is 0 Å². The summed E-state index contributed by atoms with van der Waals surface area (Å²) in [6, 6.07) is 5.25. The van der Waals surface area contributed by atoms with Gasteiger partial charge >= 0.3 is 5.97 Å². The van der Waals surface area contributed by atoms with Crippen LogP contribution in [0.15, 0.2) is 18.2 Å². The smallest absolute Gasteiger partial charge is 0.354 e. The van der Waals surface area contributed by atoms with Gasteiger partial charge in [-0.25, -0.2) is 4.79 Å². The summed E-state index contributed by atoms with van der Waals surface area (Å²) in [6.07, 6.45) is 0. The van der Waals surface area contributed by atoms with E-state index in [1.54, 1.807) is 39.3 Å². The lowest BCUT2D eigenvalue weighted by atomic mass is 10.0. The second-order valence-corrected chi connectivity index (χ2v) is 4.30. The fraction of sp³-hybridized carbons (Fsp3) is 0.286. The molecular formula is C14H16N2O4. The van der Waals surface area contributed by atoms with Gasteiger partial charge in [0.05, 0.1) is 19.9 Å². The van der Waals surface area contributed by atoms with Gasteiger partial charge in [-0.1, -0.05) is 0 Å². The molecule has 0 aliphatic carbocycles. The lowest BCUT2D eigenvalue weighted by molar-refractivity contribution is 0.0686. The summed E-state index contributed by atoms with van der Waals surface area (Å²) in [5, 5.41) is 13.6. The van der Waals surface area contributed by atoms with Gasteiger partial charge < -0.3 is 14.6 Å². The Morgan fingerprint density at radius 3 is 2.55 bits per heavy atom. The fourth-order valence-corrected chi connectivity index (χ4v) is 2.24. The molecule has 0 atom stereocenters. The molecular weight excluding hydrogens is 260 g/mol. The third-order valence-corrected chi connectivity index (χ3v) is 3.10. The Balaban J connectivity index is 2.76. The van der Waals surface area contributed by atoms with Gasteiger partial charge in [0.2, 0.25) is 0 Å². The zero-order valence-corrected chi connectivity index (χ0v) is 11.8. The van der Waals surface area contributed by atoms with Crippen molar-refractivity contribution in [1.82, 2.24) is 9.78 Å². The van der Waals surface area contributed by atoms with E-state index in [0.717, 1.165) is 0 Å². The normalized spacial score (nSPS) is 10.4. The summed E-state index contributed by atoms with van der Waals surface area (Å²) < 4.78 is 11.9. The monoisotopic (exact) mass is 276 g/mol. The van der Waals surface area contributed by atoms with Crippen molar-refractivity contribution in [3.05, 3.63) is 29.6 Å². The molecule has 6 nitrogen and oxygen atoms in total. The Morgan fingerprint density at radius 2 is 2.00 bits per heavy atom. The van der Waals surface area contributed by atoms with Crippen LogP contribution in [0.5, 0.6) is 11.5 Å². The van der Waals surface area contributed by atoms with Crippen LogP contribution in [0.3, 0.4) is 0 Å². The molecule has 1 aromatic heterocycles. The van der Waals surface area contributed by atoms with E-state index < -0.39 is 5.97 Å². The number of carboxylic acids is 1. The van der Waals surface area contributed by atoms with Crippen molar-refractivity contribution in [1.29, 1.82) is 0 Å². The van der Waals surface area contributed by atoms with E-state index in [0.29, 0.717) is 28.3 Å². The van der Waals surface area contributed by atoms with Gasteiger partial charge in [0.1, 0.15) is 11.5 Å². The van der Waals surface area contributed by atoms with E-state index >= 15 is 0 Å². The minimum Gasteiger partial charge on any atom is -0.497 e. The zero-order chi connectivity index (χ0) is 14.9. The number of aromatic nitrogens is 2. The molecule has 0 bridgehead atoms. The average Bonchev–Trinajstić information content (AvgIpc) is 2.72. The number of methoxy groups -OCH3 is 2. The SMILES string of the molecule is COc1ccc(OC)c(-c2c(C)nn(C)c2C(=O)O)c1. The van der Waals surface area contributed by atoms with E-state index in [9.17, 15) is 9.90 Å². The molecule has 6 heteroatoms. The minimum atomic E-state index is -1.03. The van der Waals surface area contributed by atoms with Gasteiger partial charge in [0.15, 0.2) is 5.69 Å². The lowest BCUT2D eigenvalue weighted by Crippen LogP contribution is -2.07. The number of benzene rings is 1. The first-order valence-electron chi connectivity index (χ1n) is 5.98. The standard InChI is InChI=1S/C14H16N2O4/c1-8-12(13(14(17)18)16(2)15-8)10-7-9(19-3)5-6-11(10)20-4/h5-7H,1-4H3,(H,17,18). The van der Waals surface area contributed by atoms with Crippen molar-refractivity contribution in [2.45, 2.75) is 6.92 Å². The molecule has 0 fully saturated rings. The molecule has 1 aromatic carbocycles. The number of nitrogens with zero attached hydrogens (tertiary/aromatic N) is 2. The Bertz CT molecular complexity index is 661. The van der Waals surface area contributed by atoms with Crippen LogP contribution in [-0.4, -0.2) is 35.1 Å². The van der Waals surface area contributed by atoms with E-state index in [1.165, 1.54) is 11.8 Å². The Kier molecular flexibility index (Phi) is 3.65. The Labute approximate surface area is 116 Å². The lowest BCUT2D eigenvalue weighted by Gasteiger charge is -2.11. The molecule has 0 aliphatic heterocycles. The molecule has 2 aromatic rings. The van der Waals surface area contributed by atoms with Crippen molar-refractivity contribution in [3.63, 3.8) is 0 Å². The number of hydrogen-bond acceptors (Lipinski definition) is 4. The van der Waals surface area contributed by atoms with Crippen LogP contribution in [0.4, 0.5) is 0 Å². The van der Waals surface area contributed by atoms with Crippen LogP contribution >= 0.6 is 0 Å². The topological polar surface area (TPSA) is 73.6 Å². The summed E-state index contributed by atoms with van der Waals surface area (Å²) >= 11 is 0. The Hall–Kier alpha value is -2.50. The van der Waals surface area contributed by atoms with Crippen molar-refractivity contribution >= 4 is 5.97 Å². The molecule has 106 valence electrons. The molecule has 0 saturated heterocycles. The second kappa shape index (κ2) is 5.24. The predicted molar refractivity (Wildman–Crippen MR) is 73.4 cm³/mol. The van der Waals surface area contributed by atoms with Gasteiger partial charge in [0.25, 0.3) is 0 Å². The molecule has 2 rings (SSSR count). The predicted octanol–water partition coefficient (Wildman–Crippen LogP) is 2.11. The highest BCUT2D eigenvalue weighted by Gasteiger charge is 2.23. The van der Waals surface area contributed by atoms with E-state index in [4.69, 9.17) is 9.47 Å². The van der Waals surface area contributed by atoms with E-state index in [2.05, 4.69) is 5.10 Å². The summed E-state index contributed by atoms with van der Waals surface area (Å²) in [6.45, 7) is 1.76. The van der Waals surface area contributed by atoms with Gasteiger partial charge in [-0.2, -0.15) is 5.10 Å². The van der Waals surface area contributed by atoms with Crippen LogP contribution in [0.2, 0.25) is 0 Å². The van der Waals surface area contributed by atoms with Crippen LogP contribution < -0.4 is 9.47 Å². The fourth-order valence-electron chi connectivity index (χ4n) is 2.24. The maximum absolute atomic E-state index is 11.5. The maximum Gasteiger partial charge on any atom is 0.354 e. The number of carbonyl (C=O) groups is 1.